The first-order valence-electron chi connectivity index (χ1n) is 7.16. The number of methoxy groups -OCH3 is 1. The van der Waals surface area contributed by atoms with E-state index in [4.69, 9.17) is 21.0 Å². The molecule has 21 heavy (non-hydrogen) atoms. The zero-order valence-corrected chi connectivity index (χ0v) is 12.2. The van der Waals surface area contributed by atoms with E-state index < -0.39 is 11.9 Å². The van der Waals surface area contributed by atoms with E-state index in [1.165, 1.54) is 12.8 Å². The molecule has 0 heterocycles. The molecule has 0 amide bonds. The van der Waals surface area contributed by atoms with Crippen LogP contribution < -0.4 is 9.47 Å². The highest BCUT2D eigenvalue weighted by Crippen LogP contribution is 2.34. The number of hydrogen-bond donors (Lipinski definition) is 1. The Kier molecular flexibility index (Phi) is 5.10. The van der Waals surface area contributed by atoms with E-state index in [1.807, 2.05) is 6.07 Å². The number of carbonyl (C=O) groups is 1. The van der Waals surface area contributed by atoms with E-state index in [1.54, 1.807) is 19.2 Å². The van der Waals surface area contributed by atoms with Gasteiger partial charge in [-0.25, -0.2) is 0 Å². The minimum atomic E-state index is -0.910. The zero-order chi connectivity index (χ0) is 15.2. The zero-order valence-electron chi connectivity index (χ0n) is 12.2. The lowest BCUT2D eigenvalue weighted by Crippen LogP contribution is -2.12. The summed E-state index contributed by atoms with van der Waals surface area (Å²) in [6, 6.07) is 5.39. The Bertz CT molecular complexity index is 538. The van der Waals surface area contributed by atoms with Gasteiger partial charge in [0.1, 0.15) is 0 Å². The maximum atomic E-state index is 10.9. The molecule has 1 saturated carbocycles. The molecule has 0 aliphatic heterocycles. The van der Waals surface area contributed by atoms with Gasteiger partial charge in [0.15, 0.2) is 11.5 Å². The monoisotopic (exact) mass is 288 g/mol. The van der Waals surface area contributed by atoms with Gasteiger partial charge in [0.05, 0.1) is 25.6 Å². The summed E-state index contributed by atoms with van der Waals surface area (Å²) in [4.78, 5) is 10.9. The molecule has 1 aliphatic carbocycles. The normalized spacial score (nSPS) is 16.2. The van der Waals surface area contributed by atoms with Gasteiger partial charge in [-0.1, -0.05) is 12.0 Å². The molecule has 1 aromatic carbocycles. The van der Waals surface area contributed by atoms with Crippen molar-refractivity contribution in [2.24, 2.45) is 0 Å². The summed E-state index contributed by atoms with van der Waals surface area (Å²) in [7, 11) is 1.59. The van der Waals surface area contributed by atoms with Gasteiger partial charge in [-0.05, 0) is 43.4 Å². The van der Waals surface area contributed by atoms with Crippen LogP contribution in [-0.2, 0) is 4.79 Å². The molecule has 1 N–H and O–H groups in total. The van der Waals surface area contributed by atoms with Crippen LogP contribution in [-0.4, -0.2) is 24.3 Å². The average Bonchev–Trinajstić information content (AvgIpc) is 2.97. The van der Waals surface area contributed by atoms with Crippen molar-refractivity contribution >= 4 is 5.97 Å². The second-order valence-corrected chi connectivity index (χ2v) is 5.25. The lowest BCUT2D eigenvalue weighted by Gasteiger charge is -2.18. The summed E-state index contributed by atoms with van der Waals surface area (Å²) in [6.07, 6.45) is 10.0. The van der Waals surface area contributed by atoms with Crippen molar-refractivity contribution in [1.29, 1.82) is 0 Å². The third-order valence-corrected chi connectivity index (χ3v) is 3.77. The molecular weight excluding hydrogens is 268 g/mol. The number of aliphatic carboxylic acids is 1. The maximum absolute atomic E-state index is 10.9. The summed E-state index contributed by atoms with van der Waals surface area (Å²) < 4.78 is 11.3. The van der Waals surface area contributed by atoms with Crippen LogP contribution in [0.2, 0.25) is 0 Å². The molecule has 1 fully saturated rings. The average molecular weight is 288 g/mol. The standard InChI is InChI=1S/C17H20O4/c1-3-12(11-17(18)19)13-8-9-15(20-2)16(10-13)21-14-6-4-5-7-14/h1,8-10,12,14H,4-7,11H2,2H3,(H,18,19)/t12-/m0/s1. The third-order valence-electron chi connectivity index (χ3n) is 3.77. The molecular formula is C17H20O4. The summed E-state index contributed by atoms with van der Waals surface area (Å²) in [5.41, 5.74) is 0.772. The predicted molar refractivity (Wildman–Crippen MR) is 79.7 cm³/mol. The SMILES string of the molecule is C#C[C@@H](CC(=O)O)c1ccc(OC)c(OC2CCCC2)c1. The van der Waals surface area contributed by atoms with E-state index in [0.29, 0.717) is 11.5 Å². The molecule has 2 rings (SSSR count). The Morgan fingerprint density at radius 1 is 1.43 bits per heavy atom. The first-order valence-corrected chi connectivity index (χ1v) is 7.16. The molecule has 0 saturated heterocycles. The van der Waals surface area contributed by atoms with Gasteiger partial charge < -0.3 is 14.6 Å². The lowest BCUT2D eigenvalue weighted by molar-refractivity contribution is -0.137. The summed E-state index contributed by atoms with van der Waals surface area (Å²) in [6.45, 7) is 0. The van der Waals surface area contributed by atoms with Crippen LogP contribution in [0.1, 0.15) is 43.6 Å². The predicted octanol–water partition coefficient (Wildman–Crippen LogP) is 3.21. The Hall–Kier alpha value is -2.15. The first kappa shape index (κ1) is 15.2. The van der Waals surface area contributed by atoms with Crippen LogP contribution in [0.4, 0.5) is 0 Å². The largest absolute Gasteiger partial charge is 0.493 e. The van der Waals surface area contributed by atoms with Crippen molar-refractivity contribution in [1.82, 2.24) is 0 Å². The Morgan fingerprint density at radius 3 is 2.71 bits per heavy atom. The van der Waals surface area contributed by atoms with Crippen LogP contribution in [0.15, 0.2) is 18.2 Å². The van der Waals surface area contributed by atoms with E-state index >= 15 is 0 Å². The highest BCUT2D eigenvalue weighted by Gasteiger charge is 2.20. The Morgan fingerprint density at radius 2 is 2.14 bits per heavy atom. The highest BCUT2D eigenvalue weighted by atomic mass is 16.5. The number of benzene rings is 1. The van der Waals surface area contributed by atoms with Gasteiger partial charge in [0, 0.05) is 0 Å². The third kappa shape index (κ3) is 3.91. The van der Waals surface area contributed by atoms with Crippen molar-refractivity contribution in [2.75, 3.05) is 7.11 Å². The van der Waals surface area contributed by atoms with Crippen LogP contribution in [0.25, 0.3) is 0 Å². The topological polar surface area (TPSA) is 55.8 Å². The van der Waals surface area contributed by atoms with E-state index in [-0.39, 0.29) is 12.5 Å². The molecule has 112 valence electrons. The van der Waals surface area contributed by atoms with Crippen molar-refractivity contribution in [3.05, 3.63) is 23.8 Å². The second-order valence-electron chi connectivity index (χ2n) is 5.25. The number of rotatable bonds is 6. The number of carboxylic acid groups (broad SMARTS) is 1. The summed E-state index contributed by atoms with van der Waals surface area (Å²) in [5, 5.41) is 8.92. The van der Waals surface area contributed by atoms with E-state index in [2.05, 4.69) is 5.92 Å². The molecule has 4 heteroatoms. The molecule has 1 aromatic rings. The molecule has 1 aliphatic rings. The Labute approximate surface area is 125 Å². The first-order chi connectivity index (χ1) is 10.1. The lowest BCUT2D eigenvalue weighted by atomic mass is 9.96. The fraction of sp³-hybridized carbons (Fsp3) is 0.471. The van der Waals surface area contributed by atoms with Gasteiger partial charge in [-0.3, -0.25) is 4.79 Å². The molecule has 1 atom stereocenters. The summed E-state index contributed by atoms with van der Waals surface area (Å²) in [5.74, 6) is 2.46. The number of carboxylic acids is 1. The van der Waals surface area contributed by atoms with Gasteiger partial charge >= 0.3 is 5.97 Å². The maximum Gasteiger partial charge on any atom is 0.304 e. The van der Waals surface area contributed by atoms with Gasteiger partial charge in [0.2, 0.25) is 0 Å². The van der Waals surface area contributed by atoms with Gasteiger partial charge in [-0.15, -0.1) is 6.42 Å². The van der Waals surface area contributed by atoms with Crippen molar-refractivity contribution < 1.29 is 19.4 Å². The quantitative estimate of drug-likeness (QED) is 0.817. The molecule has 0 radical (unpaired) electrons. The fourth-order valence-electron chi connectivity index (χ4n) is 2.64. The molecule has 0 unspecified atom stereocenters. The van der Waals surface area contributed by atoms with E-state index in [0.717, 1.165) is 18.4 Å². The molecule has 0 spiro atoms. The fourth-order valence-corrected chi connectivity index (χ4v) is 2.64. The smallest absolute Gasteiger partial charge is 0.304 e. The number of terminal acetylenes is 1. The van der Waals surface area contributed by atoms with Crippen molar-refractivity contribution in [3.8, 4) is 23.8 Å². The Balaban J connectivity index is 2.23. The van der Waals surface area contributed by atoms with E-state index in [9.17, 15) is 4.79 Å². The number of ether oxygens (including phenoxy) is 2. The van der Waals surface area contributed by atoms with Crippen LogP contribution in [0.5, 0.6) is 11.5 Å². The minimum Gasteiger partial charge on any atom is -0.493 e. The molecule has 0 aromatic heterocycles. The van der Waals surface area contributed by atoms with Crippen LogP contribution in [0, 0.1) is 12.3 Å². The highest BCUT2D eigenvalue weighted by molar-refractivity contribution is 5.69. The summed E-state index contributed by atoms with van der Waals surface area (Å²) >= 11 is 0. The van der Waals surface area contributed by atoms with Gasteiger partial charge in [-0.2, -0.15) is 0 Å². The molecule has 0 bridgehead atoms. The van der Waals surface area contributed by atoms with Crippen LogP contribution in [0.3, 0.4) is 0 Å². The van der Waals surface area contributed by atoms with Crippen molar-refractivity contribution in [3.63, 3.8) is 0 Å². The minimum absolute atomic E-state index is 0.0916. The number of hydrogen-bond acceptors (Lipinski definition) is 3. The second kappa shape index (κ2) is 7.03. The molecule has 4 nitrogen and oxygen atoms in total. The van der Waals surface area contributed by atoms with Crippen molar-refractivity contribution in [2.45, 2.75) is 44.1 Å². The van der Waals surface area contributed by atoms with Crippen LogP contribution >= 0.6 is 0 Å². The van der Waals surface area contributed by atoms with Gasteiger partial charge in [0.25, 0.3) is 0 Å².